The molecule has 0 bridgehead atoms. The first-order valence-electron chi connectivity index (χ1n) is 5.54. The van der Waals surface area contributed by atoms with Crippen molar-refractivity contribution in [1.82, 2.24) is 4.98 Å². The third-order valence-corrected chi connectivity index (χ3v) is 4.36. The largest absolute Gasteiger partial charge is 0.388 e. The van der Waals surface area contributed by atoms with Crippen LogP contribution in [0.2, 0.25) is 5.02 Å². The van der Waals surface area contributed by atoms with Crippen molar-refractivity contribution in [2.45, 2.75) is 4.90 Å². The van der Waals surface area contributed by atoms with Gasteiger partial charge in [-0.2, -0.15) is 0 Å². The maximum atomic E-state index is 13.1. The lowest BCUT2D eigenvalue weighted by molar-refractivity contribution is 0.600. The van der Waals surface area contributed by atoms with Crippen molar-refractivity contribution in [1.29, 1.82) is 0 Å². The molecule has 9 heteroatoms. The smallest absolute Gasteiger partial charge is 0.264 e. The Labute approximate surface area is 131 Å². The van der Waals surface area contributed by atoms with Crippen LogP contribution in [0.4, 0.5) is 10.1 Å². The van der Waals surface area contributed by atoms with Gasteiger partial charge in [0, 0.05) is 6.20 Å². The topological polar surface area (TPSA) is 85.1 Å². The van der Waals surface area contributed by atoms with E-state index in [-0.39, 0.29) is 26.3 Å². The zero-order valence-electron chi connectivity index (χ0n) is 10.4. The van der Waals surface area contributed by atoms with Gasteiger partial charge in [0.15, 0.2) is 0 Å². The number of sulfonamides is 1. The zero-order chi connectivity index (χ0) is 15.6. The average molecular weight is 346 g/mol. The molecule has 0 saturated carbocycles. The molecule has 1 aromatic carbocycles. The molecule has 0 aliphatic heterocycles. The summed E-state index contributed by atoms with van der Waals surface area (Å²) < 4.78 is 40.0. The summed E-state index contributed by atoms with van der Waals surface area (Å²) in [7, 11) is -3.98. The molecule has 0 amide bonds. The summed E-state index contributed by atoms with van der Waals surface area (Å²) in [6, 6.07) is 6.21. The lowest BCUT2D eigenvalue weighted by Crippen LogP contribution is -2.21. The highest BCUT2D eigenvalue weighted by Gasteiger charge is 2.21. The Morgan fingerprint density at radius 1 is 1.38 bits per heavy atom. The number of nitrogens with two attached hydrogens (primary N) is 1. The maximum Gasteiger partial charge on any atom is 0.264 e. The molecule has 2 rings (SSSR count). The quantitative estimate of drug-likeness (QED) is 0.830. The van der Waals surface area contributed by atoms with Gasteiger partial charge in [0.2, 0.25) is 0 Å². The number of rotatable bonds is 4. The summed E-state index contributed by atoms with van der Waals surface area (Å²) in [5.74, 6) is -0.648. The Bertz CT molecular complexity index is 812. The van der Waals surface area contributed by atoms with Crippen LogP contribution < -0.4 is 10.5 Å². The van der Waals surface area contributed by atoms with Crippen LogP contribution in [-0.2, 0) is 10.0 Å². The van der Waals surface area contributed by atoms with Gasteiger partial charge in [0.25, 0.3) is 10.0 Å². The van der Waals surface area contributed by atoms with E-state index in [1.165, 1.54) is 24.4 Å². The van der Waals surface area contributed by atoms with Crippen molar-refractivity contribution in [3.05, 3.63) is 53.1 Å². The number of hydrogen-bond acceptors (Lipinski definition) is 4. The van der Waals surface area contributed by atoms with Gasteiger partial charge in [-0.05, 0) is 30.3 Å². The minimum Gasteiger partial charge on any atom is -0.388 e. The van der Waals surface area contributed by atoms with Gasteiger partial charge < -0.3 is 5.73 Å². The fourth-order valence-corrected chi connectivity index (χ4v) is 3.19. The molecule has 0 unspecified atom stereocenters. The molecule has 0 saturated heterocycles. The first-order chi connectivity index (χ1) is 9.81. The molecule has 2 aromatic rings. The summed E-state index contributed by atoms with van der Waals surface area (Å²) >= 11 is 10.4. The number of hydrogen-bond donors (Lipinski definition) is 2. The van der Waals surface area contributed by atoms with Crippen LogP contribution in [0.5, 0.6) is 0 Å². The number of anilines is 1. The molecular formula is C12H9ClFN3O2S2. The molecule has 1 aromatic heterocycles. The number of halogens is 2. The van der Waals surface area contributed by atoms with Crippen molar-refractivity contribution in [2.75, 3.05) is 4.72 Å². The summed E-state index contributed by atoms with van der Waals surface area (Å²) in [5, 5.41) is -0.198. The second kappa shape index (κ2) is 5.92. The van der Waals surface area contributed by atoms with Crippen LogP contribution in [0.3, 0.4) is 0 Å². The van der Waals surface area contributed by atoms with E-state index in [0.29, 0.717) is 0 Å². The number of nitrogens with one attached hydrogen (secondary N) is 1. The monoisotopic (exact) mass is 345 g/mol. The van der Waals surface area contributed by atoms with E-state index in [0.717, 1.165) is 12.1 Å². The van der Waals surface area contributed by atoms with E-state index in [9.17, 15) is 12.8 Å². The van der Waals surface area contributed by atoms with Crippen molar-refractivity contribution < 1.29 is 12.8 Å². The lowest BCUT2D eigenvalue weighted by atomic mass is 10.3. The highest BCUT2D eigenvalue weighted by atomic mass is 35.5. The summed E-state index contributed by atoms with van der Waals surface area (Å²) in [5.41, 5.74) is 5.54. The van der Waals surface area contributed by atoms with E-state index >= 15 is 0 Å². The van der Waals surface area contributed by atoms with Gasteiger partial charge in [0.05, 0.1) is 10.7 Å². The molecule has 0 aliphatic carbocycles. The third kappa shape index (κ3) is 3.46. The molecule has 0 atom stereocenters. The van der Waals surface area contributed by atoms with E-state index in [1.54, 1.807) is 0 Å². The van der Waals surface area contributed by atoms with Crippen LogP contribution >= 0.6 is 23.8 Å². The predicted octanol–water partition coefficient (Wildman–Crippen LogP) is 2.31. The summed E-state index contributed by atoms with van der Waals surface area (Å²) in [6.45, 7) is 0. The molecule has 3 N–H and O–H groups in total. The van der Waals surface area contributed by atoms with E-state index in [1.807, 2.05) is 0 Å². The Balaban J connectivity index is 2.43. The molecule has 1 heterocycles. The Hall–Kier alpha value is -1.77. The summed E-state index contributed by atoms with van der Waals surface area (Å²) in [4.78, 5) is 3.53. The lowest BCUT2D eigenvalue weighted by Gasteiger charge is -2.11. The first kappa shape index (κ1) is 15.6. The Morgan fingerprint density at radius 3 is 2.71 bits per heavy atom. The SMILES string of the molecule is NC(=S)c1ncccc1S(=O)(=O)Nc1ccc(F)c(Cl)c1. The van der Waals surface area contributed by atoms with Crippen molar-refractivity contribution in [3.8, 4) is 0 Å². The van der Waals surface area contributed by atoms with Crippen LogP contribution in [0.25, 0.3) is 0 Å². The van der Waals surface area contributed by atoms with Crippen molar-refractivity contribution in [3.63, 3.8) is 0 Å². The van der Waals surface area contributed by atoms with Gasteiger partial charge >= 0.3 is 0 Å². The van der Waals surface area contributed by atoms with Gasteiger partial charge in [0.1, 0.15) is 21.4 Å². The van der Waals surface area contributed by atoms with E-state index < -0.39 is 15.8 Å². The number of benzene rings is 1. The number of pyridine rings is 1. The Morgan fingerprint density at radius 2 is 2.10 bits per heavy atom. The zero-order valence-corrected chi connectivity index (χ0v) is 12.8. The minimum absolute atomic E-state index is 0.0202. The normalized spacial score (nSPS) is 11.1. The fourth-order valence-electron chi connectivity index (χ4n) is 1.56. The van der Waals surface area contributed by atoms with E-state index in [4.69, 9.17) is 29.6 Å². The maximum absolute atomic E-state index is 13.1. The van der Waals surface area contributed by atoms with Crippen LogP contribution in [-0.4, -0.2) is 18.4 Å². The molecular weight excluding hydrogens is 337 g/mol. The fraction of sp³-hybridized carbons (Fsp3) is 0. The highest BCUT2D eigenvalue weighted by molar-refractivity contribution is 7.93. The van der Waals surface area contributed by atoms with Gasteiger partial charge in [-0.1, -0.05) is 23.8 Å². The third-order valence-electron chi connectivity index (χ3n) is 2.47. The highest BCUT2D eigenvalue weighted by Crippen LogP contribution is 2.23. The predicted molar refractivity (Wildman–Crippen MR) is 82.3 cm³/mol. The molecule has 110 valence electrons. The van der Waals surface area contributed by atoms with E-state index in [2.05, 4.69) is 9.71 Å². The van der Waals surface area contributed by atoms with Crippen molar-refractivity contribution >= 4 is 44.5 Å². The van der Waals surface area contributed by atoms with Crippen molar-refractivity contribution in [2.24, 2.45) is 5.73 Å². The standard InChI is InChI=1S/C12H9ClFN3O2S2/c13-8-6-7(3-4-9(8)14)17-21(18,19)10-2-1-5-16-11(10)12(15)20/h1-6,17H,(H2,15,20). The molecule has 21 heavy (non-hydrogen) atoms. The number of nitrogens with zero attached hydrogens (tertiary/aromatic N) is 1. The average Bonchev–Trinajstić information content (AvgIpc) is 2.42. The van der Waals surface area contributed by atoms with Crippen LogP contribution in [0.1, 0.15) is 5.69 Å². The molecule has 0 aliphatic rings. The molecule has 5 nitrogen and oxygen atoms in total. The van der Waals surface area contributed by atoms with Gasteiger partial charge in [-0.25, -0.2) is 12.8 Å². The number of thiocarbonyl (C=S) groups is 1. The van der Waals surface area contributed by atoms with Gasteiger partial charge in [-0.15, -0.1) is 0 Å². The van der Waals surface area contributed by atoms with Crippen LogP contribution in [0, 0.1) is 5.82 Å². The molecule has 0 fully saturated rings. The molecule has 0 radical (unpaired) electrons. The van der Waals surface area contributed by atoms with Crippen LogP contribution in [0.15, 0.2) is 41.4 Å². The Kier molecular flexibility index (Phi) is 4.40. The second-order valence-corrected chi connectivity index (χ2v) is 6.45. The summed E-state index contributed by atoms with van der Waals surface area (Å²) in [6.07, 6.45) is 1.38. The second-order valence-electron chi connectivity index (χ2n) is 3.95. The minimum atomic E-state index is -3.98. The molecule has 0 spiro atoms. The first-order valence-corrected chi connectivity index (χ1v) is 7.81. The number of aromatic nitrogens is 1. The van der Waals surface area contributed by atoms with Gasteiger partial charge in [-0.3, -0.25) is 9.71 Å².